The first-order chi connectivity index (χ1) is 15.1. The number of nitrogens with zero attached hydrogens (tertiary/aromatic N) is 5. The summed E-state index contributed by atoms with van der Waals surface area (Å²) in [6.45, 7) is 2.03. The summed E-state index contributed by atoms with van der Waals surface area (Å²) in [6.07, 6.45) is -6.21. The summed E-state index contributed by atoms with van der Waals surface area (Å²) in [5.41, 5.74) is -2.37. The van der Waals surface area contributed by atoms with Crippen LogP contribution in [0.5, 0.6) is 0 Å². The highest BCUT2D eigenvalue weighted by Gasteiger charge is 2.38. The molecule has 170 valence electrons. The Morgan fingerprint density at radius 1 is 1.25 bits per heavy atom. The van der Waals surface area contributed by atoms with Crippen LogP contribution in [0, 0.1) is 11.7 Å². The number of benzene rings is 1. The van der Waals surface area contributed by atoms with Crippen LogP contribution in [0.4, 0.5) is 26.3 Å². The molecule has 3 heterocycles. The smallest absolute Gasteiger partial charge is 0.338 e. The van der Waals surface area contributed by atoms with Crippen LogP contribution in [0.15, 0.2) is 30.6 Å². The van der Waals surface area contributed by atoms with Gasteiger partial charge in [-0.1, -0.05) is 13.0 Å². The molecule has 1 aliphatic heterocycles. The van der Waals surface area contributed by atoms with Gasteiger partial charge in [0, 0.05) is 19.0 Å². The first kappa shape index (κ1) is 22.0. The predicted octanol–water partition coefficient (Wildman–Crippen LogP) is 4.49. The van der Waals surface area contributed by atoms with E-state index in [1.54, 1.807) is 0 Å². The molecule has 1 saturated heterocycles. The first-order valence-corrected chi connectivity index (χ1v) is 9.71. The van der Waals surface area contributed by atoms with Gasteiger partial charge in [0.2, 0.25) is 0 Å². The van der Waals surface area contributed by atoms with E-state index in [0.29, 0.717) is 18.2 Å². The summed E-state index contributed by atoms with van der Waals surface area (Å²) in [5, 5.41) is 4.02. The highest BCUT2D eigenvalue weighted by Crippen LogP contribution is 2.36. The fourth-order valence-electron chi connectivity index (χ4n) is 3.96. The summed E-state index contributed by atoms with van der Waals surface area (Å²) < 4.78 is 81.6. The Bertz CT molecular complexity index is 1160. The number of likely N-dealkylation sites (tertiary alicyclic amines) is 1. The van der Waals surface area contributed by atoms with Crippen molar-refractivity contribution in [1.82, 2.24) is 24.5 Å². The van der Waals surface area contributed by atoms with Crippen LogP contribution in [0.2, 0.25) is 0 Å². The Hall–Kier alpha value is -3.18. The van der Waals surface area contributed by atoms with E-state index >= 15 is 0 Å². The van der Waals surface area contributed by atoms with Crippen molar-refractivity contribution in [3.8, 4) is 0 Å². The summed E-state index contributed by atoms with van der Waals surface area (Å²) >= 11 is 0. The molecule has 3 aromatic rings. The topological polar surface area (TPSA) is 63.4 Å². The number of fused-ring (bicyclic) bond motifs is 1. The van der Waals surface area contributed by atoms with Crippen LogP contribution in [-0.4, -0.2) is 43.5 Å². The molecule has 12 heteroatoms. The van der Waals surface area contributed by atoms with Crippen LogP contribution >= 0.6 is 0 Å². The van der Waals surface area contributed by atoms with E-state index in [-0.39, 0.29) is 24.8 Å². The van der Waals surface area contributed by atoms with Crippen molar-refractivity contribution in [3.05, 3.63) is 58.9 Å². The molecule has 2 aromatic heterocycles. The fraction of sp³-hybridized carbons (Fsp3) is 0.400. The summed E-state index contributed by atoms with van der Waals surface area (Å²) in [4.78, 5) is 21.8. The number of hydrogen-bond donors (Lipinski definition) is 0. The molecule has 0 spiro atoms. The molecule has 0 bridgehead atoms. The van der Waals surface area contributed by atoms with E-state index in [1.807, 2.05) is 6.92 Å². The minimum Gasteiger partial charge on any atom is -0.338 e. The summed E-state index contributed by atoms with van der Waals surface area (Å²) in [6, 6.07) is 3.72. The van der Waals surface area contributed by atoms with Crippen LogP contribution in [0.25, 0.3) is 5.78 Å². The second kappa shape index (κ2) is 8.06. The van der Waals surface area contributed by atoms with Gasteiger partial charge in [-0.15, -0.1) is 0 Å². The van der Waals surface area contributed by atoms with Gasteiger partial charge in [-0.25, -0.2) is 22.7 Å². The monoisotopic (exact) mass is 457 g/mol. The van der Waals surface area contributed by atoms with Gasteiger partial charge in [-0.05, 0) is 30.5 Å². The maximum atomic E-state index is 14.5. The molecule has 6 nitrogen and oxygen atoms in total. The average Bonchev–Trinajstić information content (AvgIpc) is 3.21. The van der Waals surface area contributed by atoms with Gasteiger partial charge < -0.3 is 4.90 Å². The number of aromatic nitrogens is 4. The van der Waals surface area contributed by atoms with Crippen molar-refractivity contribution in [2.75, 3.05) is 13.1 Å². The molecule has 0 radical (unpaired) electrons. The lowest BCUT2D eigenvalue weighted by atomic mass is 9.84. The minimum absolute atomic E-state index is 0.0165. The highest BCUT2D eigenvalue weighted by molar-refractivity contribution is 5.95. The Morgan fingerprint density at radius 2 is 2.00 bits per heavy atom. The third kappa shape index (κ3) is 3.89. The summed E-state index contributed by atoms with van der Waals surface area (Å²) in [5.74, 6) is -3.14. The number of rotatable bonds is 3. The van der Waals surface area contributed by atoms with E-state index in [1.165, 1.54) is 15.5 Å². The SMILES string of the molecule is CC1CCN(C(=O)c2cccc(C(F)(F)F)c2F)C[C@H]1c1cc(C(F)F)nc2ncnn12. The maximum Gasteiger partial charge on any atom is 0.419 e. The van der Waals surface area contributed by atoms with Crippen LogP contribution in [0.1, 0.15) is 53.0 Å². The second-order valence-electron chi connectivity index (χ2n) is 7.67. The lowest BCUT2D eigenvalue weighted by Crippen LogP contribution is -2.43. The van der Waals surface area contributed by atoms with E-state index < -0.39 is 47.1 Å². The Kier molecular flexibility index (Phi) is 5.55. The number of piperidine rings is 1. The standard InChI is InChI=1S/C20H17F6N5O/c1-10-5-6-30(18(32)11-3-2-4-13(16(11)21)20(24,25)26)8-12(10)15-7-14(17(22)23)29-19-27-9-28-31(15)19/h2-4,7,9-10,12,17H,5-6,8H2,1H3/t10?,12-/m1/s1. The highest BCUT2D eigenvalue weighted by atomic mass is 19.4. The van der Waals surface area contributed by atoms with Crippen molar-refractivity contribution >= 4 is 11.7 Å². The molecule has 1 amide bonds. The largest absolute Gasteiger partial charge is 0.419 e. The number of amides is 1. The van der Waals surface area contributed by atoms with E-state index in [0.717, 1.165) is 18.5 Å². The van der Waals surface area contributed by atoms with E-state index in [2.05, 4.69) is 15.1 Å². The van der Waals surface area contributed by atoms with Crippen LogP contribution in [-0.2, 0) is 6.18 Å². The number of carbonyl (C=O) groups is 1. The molecule has 1 unspecified atom stereocenters. The molecular formula is C20H17F6N5O. The quantitative estimate of drug-likeness (QED) is 0.544. The third-order valence-corrected chi connectivity index (χ3v) is 5.68. The molecule has 2 atom stereocenters. The zero-order valence-electron chi connectivity index (χ0n) is 16.7. The second-order valence-corrected chi connectivity index (χ2v) is 7.67. The van der Waals surface area contributed by atoms with Crippen molar-refractivity contribution in [3.63, 3.8) is 0 Å². The normalized spacial score (nSPS) is 19.7. The Balaban J connectivity index is 1.69. The summed E-state index contributed by atoms with van der Waals surface area (Å²) in [7, 11) is 0. The molecule has 1 aliphatic rings. The molecule has 1 fully saturated rings. The van der Waals surface area contributed by atoms with Crippen molar-refractivity contribution < 1.29 is 31.1 Å². The molecule has 1 aromatic carbocycles. The third-order valence-electron chi connectivity index (χ3n) is 5.68. The van der Waals surface area contributed by atoms with Crippen LogP contribution in [0.3, 0.4) is 0 Å². The number of halogens is 6. The molecule has 0 saturated carbocycles. The number of carbonyl (C=O) groups excluding carboxylic acids is 1. The van der Waals surface area contributed by atoms with Gasteiger partial charge in [-0.3, -0.25) is 4.79 Å². The molecular weight excluding hydrogens is 440 g/mol. The minimum atomic E-state index is -4.94. The average molecular weight is 457 g/mol. The molecule has 0 aliphatic carbocycles. The van der Waals surface area contributed by atoms with Gasteiger partial charge in [0.25, 0.3) is 18.1 Å². The molecule has 4 rings (SSSR count). The zero-order valence-corrected chi connectivity index (χ0v) is 16.7. The van der Waals surface area contributed by atoms with Gasteiger partial charge in [-0.2, -0.15) is 23.3 Å². The van der Waals surface area contributed by atoms with Gasteiger partial charge in [0.1, 0.15) is 17.8 Å². The maximum absolute atomic E-state index is 14.5. The van der Waals surface area contributed by atoms with Gasteiger partial charge >= 0.3 is 6.18 Å². The van der Waals surface area contributed by atoms with Gasteiger partial charge in [0.05, 0.1) is 16.8 Å². The Labute approximate surface area is 177 Å². The van der Waals surface area contributed by atoms with Crippen molar-refractivity contribution in [2.45, 2.75) is 31.9 Å². The predicted molar refractivity (Wildman–Crippen MR) is 99.6 cm³/mol. The lowest BCUT2D eigenvalue weighted by Gasteiger charge is -2.37. The molecule has 0 N–H and O–H groups in total. The zero-order chi connectivity index (χ0) is 23.2. The Morgan fingerprint density at radius 3 is 2.69 bits per heavy atom. The first-order valence-electron chi connectivity index (χ1n) is 9.71. The van der Waals surface area contributed by atoms with Crippen molar-refractivity contribution in [2.24, 2.45) is 5.92 Å². The van der Waals surface area contributed by atoms with Crippen molar-refractivity contribution in [1.29, 1.82) is 0 Å². The lowest BCUT2D eigenvalue weighted by molar-refractivity contribution is -0.140. The van der Waals surface area contributed by atoms with Gasteiger partial charge in [0.15, 0.2) is 0 Å². The van der Waals surface area contributed by atoms with Crippen LogP contribution < -0.4 is 0 Å². The van der Waals surface area contributed by atoms with E-state index in [9.17, 15) is 31.1 Å². The van der Waals surface area contributed by atoms with E-state index in [4.69, 9.17) is 0 Å². The number of alkyl halides is 5. The number of hydrogen-bond acceptors (Lipinski definition) is 4. The molecule has 32 heavy (non-hydrogen) atoms. The fourth-order valence-corrected chi connectivity index (χ4v) is 3.96.